The first kappa shape index (κ1) is 14.2. The Bertz CT molecular complexity index is 645. The Hall–Kier alpha value is -1.76. The molecule has 0 unspecified atom stereocenters. The molecule has 2 aromatic rings. The molecule has 4 nitrogen and oxygen atoms in total. The van der Waals surface area contributed by atoms with Crippen molar-refractivity contribution in [2.45, 2.75) is 6.61 Å². The highest BCUT2D eigenvalue weighted by Crippen LogP contribution is 2.33. The Morgan fingerprint density at radius 2 is 2.05 bits per heavy atom. The normalized spacial score (nSPS) is 13.3. The van der Waals surface area contributed by atoms with Gasteiger partial charge in [-0.05, 0) is 46.4 Å². The van der Waals surface area contributed by atoms with Crippen LogP contribution >= 0.6 is 22.6 Å². The van der Waals surface area contributed by atoms with Crippen molar-refractivity contribution in [3.63, 3.8) is 0 Å². The van der Waals surface area contributed by atoms with Gasteiger partial charge in [-0.3, -0.25) is 4.90 Å². The number of amides is 1. The molecule has 1 heterocycles. The van der Waals surface area contributed by atoms with E-state index in [0.717, 1.165) is 20.6 Å². The number of hydrogen-bond donors (Lipinski definition) is 0. The minimum atomic E-state index is -0.342. The van der Waals surface area contributed by atoms with Crippen molar-refractivity contribution in [2.24, 2.45) is 0 Å². The van der Waals surface area contributed by atoms with Gasteiger partial charge < -0.3 is 9.47 Å². The van der Waals surface area contributed by atoms with E-state index in [4.69, 9.17) is 9.47 Å². The molecule has 1 aliphatic rings. The first-order valence-electron chi connectivity index (χ1n) is 6.64. The summed E-state index contributed by atoms with van der Waals surface area (Å²) >= 11 is 2.22. The monoisotopic (exact) mass is 395 g/mol. The molecular formula is C16H14INO3. The lowest BCUT2D eigenvalue weighted by Gasteiger charge is -2.28. The number of fused-ring (bicyclic) bond motifs is 1. The Kier molecular flexibility index (Phi) is 4.28. The molecular weight excluding hydrogens is 381 g/mol. The quantitative estimate of drug-likeness (QED) is 0.726. The molecule has 3 rings (SSSR count). The van der Waals surface area contributed by atoms with Crippen LogP contribution in [0.1, 0.15) is 5.56 Å². The van der Waals surface area contributed by atoms with Gasteiger partial charge in [0.2, 0.25) is 0 Å². The van der Waals surface area contributed by atoms with E-state index >= 15 is 0 Å². The molecule has 0 aromatic heterocycles. The first-order chi connectivity index (χ1) is 10.2. The zero-order valence-electron chi connectivity index (χ0n) is 11.3. The van der Waals surface area contributed by atoms with Crippen LogP contribution in [0.15, 0.2) is 48.5 Å². The Morgan fingerprint density at radius 1 is 1.24 bits per heavy atom. The van der Waals surface area contributed by atoms with E-state index in [1.54, 1.807) is 4.90 Å². The Morgan fingerprint density at radius 3 is 2.86 bits per heavy atom. The van der Waals surface area contributed by atoms with Gasteiger partial charge in [0.1, 0.15) is 19.0 Å². The predicted octanol–water partition coefficient (Wildman–Crippen LogP) is 3.83. The zero-order chi connectivity index (χ0) is 14.7. The maximum Gasteiger partial charge on any atom is 0.414 e. The topological polar surface area (TPSA) is 38.8 Å². The molecule has 1 amide bonds. The number of nitrogens with zero attached hydrogens (tertiary/aromatic N) is 1. The summed E-state index contributed by atoms with van der Waals surface area (Å²) in [6, 6.07) is 15.4. The number of carbonyl (C=O) groups is 1. The van der Waals surface area contributed by atoms with Crippen molar-refractivity contribution in [3.05, 3.63) is 57.7 Å². The first-order valence-corrected chi connectivity index (χ1v) is 7.72. The summed E-state index contributed by atoms with van der Waals surface area (Å²) in [5.41, 5.74) is 1.74. The minimum Gasteiger partial charge on any atom is -0.490 e. The van der Waals surface area contributed by atoms with E-state index in [2.05, 4.69) is 22.6 Å². The van der Waals surface area contributed by atoms with Crippen LogP contribution in [0.5, 0.6) is 5.75 Å². The molecule has 0 spiro atoms. The molecule has 0 atom stereocenters. The molecule has 0 saturated carbocycles. The molecule has 21 heavy (non-hydrogen) atoms. The number of benzene rings is 2. The second-order valence-electron chi connectivity index (χ2n) is 4.65. The number of ether oxygens (including phenoxy) is 2. The molecule has 0 saturated heterocycles. The highest BCUT2D eigenvalue weighted by molar-refractivity contribution is 14.1. The number of rotatable bonds is 2. The summed E-state index contributed by atoms with van der Waals surface area (Å²) in [4.78, 5) is 13.9. The lowest BCUT2D eigenvalue weighted by atomic mass is 10.2. The number of anilines is 1. The Labute approximate surface area is 136 Å². The molecule has 5 heteroatoms. The van der Waals surface area contributed by atoms with Crippen LogP contribution in [0.4, 0.5) is 10.5 Å². The minimum absolute atomic E-state index is 0.274. The molecule has 0 bridgehead atoms. The summed E-state index contributed by atoms with van der Waals surface area (Å²) in [7, 11) is 0. The van der Waals surface area contributed by atoms with Crippen molar-refractivity contribution in [1.82, 2.24) is 0 Å². The summed E-state index contributed by atoms with van der Waals surface area (Å²) in [6.07, 6.45) is -0.342. The van der Waals surface area contributed by atoms with Crippen molar-refractivity contribution < 1.29 is 14.3 Å². The summed E-state index contributed by atoms with van der Waals surface area (Å²) in [6.45, 7) is 1.25. The van der Waals surface area contributed by atoms with Gasteiger partial charge in [-0.2, -0.15) is 0 Å². The van der Waals surface area contributed by atoms with Crippen molar-refractivity contribution in [3.8, 4) is 5.75 Å². The van der Waals surface area contributed by atoms with E-state index in [-0.39, 0.29) is 12.7 Å². The van der Waals surface area contributed by atoms with Crippen LogP contribution < -0.4 is 9.64 Å². The van der Waals surface area contributed by atoms with E-state index < -0.39 is 0 Å². The standard InChI is InChI=1S/C16H14INO3/c17-13-6-7-15-14(10-13)18(8-9-20-15)16(19)21-11-12-4-2-1-3-5-12/h1-7,10H,8-9,11H2. The highest BCUT2D eigenvalue weighted by Gasteiger charge is 2.25. The third kappa shape index (κ3) is 3.29. The van der Waals surface area contributed by atoms with Crippen LogP contribution in [0.2, 0.25) is 0 Å². The fourth-order valence-electron chi connectivity index (χ4n) is 2.18. The summed E-state index contributed by atoms with van der Waals surface area (Å²) in [5.74, 6) is 0.721. The number of halogens is 1. The smallest absolute Gasteiger partial charge is 0.414 e. The van der Waals surface area contributed by atoms with Gasteiger partial charge >= 0.3 is 6.09 Å². The molecule has 108 valence electrons. The Balaban J connectivity index is 1.73. The van der Waals surface area contributed by atoms with Crippen LogP contribution in [0, 0.1) is 3.57 Å². The van der Waals surface area contributed by atoms with Gasteiger partial charge in [0, 0.05) is 3.57 Å². The molecule has 1 aliphatic heterocycles. The number of hydrogen-bond acceptors (Lipinski definition) is 3. The summed E-state index contributed by atoms with van der Waals surface area (Å²) < 4.78 is 12.0. The predicted molar refractivity (Wildman–Crippen MR) is 88.6 cm³/mol. The van der Waals surface area contributed by atoms with Gasteiger partial charge in [0.25, 0.3) is 0 Å². The summed E-state index contributed by atoms with van der Waals surface area (Å²) in [5, 5.41) is 0. The average molecular weight is 395 g/mol. The van der Waals surface area contributed by atoms with Crippen molar-refractivity contribution >= 4 is 34.4 Å². The molecule has 2 aromatic carbocycles. The maximum atomic E-state index is 12.3. The molecule has 0 aliphatic carbocycles. The van der Waals surface area contributed by atoms with Gasteiger partial charge in [-0.1, -0.05) is 30.3 Å². The fourth-order valence-corrected chi connectivity index (χ4v) is 2.65. The zero-order valence-corrected chi connectivity index (χ0v) is 13.4. The SMILES string of the molecule is O=C(OCc1ccccc1)N1CCOc2ccc(I)cc21. The van der Waals surface area contributed by atoms with Crippen LogP contribution in [0.25, 0.3) is 0 Å². The average Bonchev–Trinajstić information content (AvgIpc) is 2.53. The van der Waals surface area contributed by atoms with Crippen LogP contribution in [-0.2, 0) is 11.3 Å². The van der Waals surface area contributed by atoms with Crippen molar-refractivity contribution in [2.75, 3.05) is 18.1 Å². The van der Waals surface area contributed by atoms with E-state index in [9.17, 15) is 4.79 Å². The largest absolute Gasteiger partial charge is 0.490 e. The van der Waals surface area contributed by atoms with Gasteiger partial charge in [-0.15, -0.1) is 0 Å². The number of carbonyl (C=O) groups excluding carboxylic acids is 1. The lowest BCUT2D eigenvalue weighted by molar-refractivity contribution is 0.144. The van der Waals surface area contributed by atoms with Gasteiger partial charge in [-0.25, -0.2) is 4.79 Å². The van der Waals surface area contributed by atoms with Crippen LogP contribution in [0.3, 0.4) is 0 Å². The second kappa shape index (κ2) is 6.34. The second-order valence-corrected chi connectivity index (χ2v) is 5.90. The van der Waals surface area contributed by atoms with E-state index in [0.29, 0.717) is 13.2 Å². The lowest BCUT2D eigenvalue weighted by Crippen LogP contribution is -2.38. The van der Waals surface area contributed by atoms with Crippen LogP contribution in [-0.4, -0.2) is 19.2 Å². The maximum absolute atomic E-state index is 12.3. The molecule has 0 radical (unpaired) electrons. The van der Waals surface area contributed by atoms with Gasteiger partial charge in [0.15, 0.2) is 0 Å². The molecule has 0 N–H and O–H groups in total. The van der Waals surface area contributed by atoms with Gasteiger partial charge in [0.05, 0.1) is 12.2 Å². The third-order valence-electron chi connectivity index (χ3n) is 3.21. The third-order valence-corrected chi connectivity index (χ3v) is 3.88. The van der Waals surface area contributed by atoms with E-state index in [1.165, 1.54) is 0 Å². The molecule has 0 fully saturated rings. The fraction of sp³-hybridized carbons (Fsp3) is 0.188. The van der Waals surface area contributed by atoms with Crippen molar-refractivity contribution in [1.29, 1.82) is 0 Å². The van der Waals surface area contributed by atoms with E-state index in [1.807, 2.05) is 48.5 Å². The highest BCUT2D eigenvalue weighted by atomic mass is 127.